The molecule has 0 bridgehead atoms. The van der Waals surface area contributed by atoms with Gasteiger partial charge in [-0.3, -0.25) is 0 Å². The average molecular weight is 237 g/mol. The molecule has 0 fully saturated rings. The van der Waals surface area contributed by atoms with Gasteiger partial charge in [0.05, 0.1) is 10.6 Å². The second-order valence-electron chi connectivity index (χ2n) is 4.19. The zero-order valence-electron chi connectivity index (χ0n) is 9.40. The molecule has 0 radical (unpaired) electrons. The van der Waals surface area contributed by atoms with Crippen LogP contribution in [0.15, 0.2) is 30.3 Å². The number of carbonyl (C=O) groups is 1. The molecule has 0 atom stereocenters. The van der Waals surface area contributed by atoms with Crippen LogP contribution in [-0.2, 0) is 4.74 Å². The number of hydrogen-bond acceptors (Lipinski definition) is 3. The Kier molecular flexibility index (Phi) is 4.01. The third-order valence-electron chi connectivity index (χ3n) is 2.24. The van der Waals surface area contributed by atoms with Crippen molar-refractivity contribution >= 4 is 23.2 Å². The molecule has 0 unspecified atom stereocenters. The molecule has 0 saturated carbocycles. The van der Waals surface area contributed by atoms with Crippen LogP contribution in [0.2, 0.25) is 0 Å². The molecule has 0 amide bonds. The lowest BCUT2D eigenvalue weighted by molar-refractivity contribution is 0.0419. The van der Waals surface area contributed by atoms with E-state index >= 15 is 0 Å². The normalized spacial score (nSPS) is 10.9. The molecule has 16 heavy (non-hydrogen) atoms. The molecule has 0 aliphatic carbocycles. The summed E-state index contributed by atoms with van der Waals surface area (Å²) in [6.45, 7) is 3.87. The number of rotatable bonds is 4. The molecule has 0 spiro atoms. The van der Waals surface area contributed by atoms with Crippen LogP contribution in [0.4, 0.5) is 0 Å². The van der Waals surface area contributed by atoms with Crippen LogP contribution in [0.5, 0.6) is 0 Å². The van der Waals surface area contributed by atoms with E-state index in [1.54, 1.807) is 24.3 Å². The van der Waals surface area contributed by atoms with Gasteiger partial charge in [-0.2, -0.15) is 0 Å². The first-order valence-electron chi connectivity index (χ1n) is 4.95. The fourth-order valence-corrected chi connectivity index (χ4v) is 1.03. The van der Waals surface area contributed by atoms with E-state index in [1.807, 2.05) is 19.9 Å². The Morgan fingerprint density at radius 2 is 1.94 bits per heavy atom. The van der Waals surface area contributed by atoms with Crippen LogP contribution in [0.25, 0.3) is 0 Å². The largest absolute Gasteiger partial charge is 0.461 e. The van der Waals surface area contributed by atoms with Gasteiger partial charge in [0.2, 0.25) is 0 Å². The van der Waals surface area contributed by atoms with Gasteiger partial charge in [0.15, 0.2) is 0 Å². The van der Waals surface area contributed by atoms with Gasteiger partial charge < -0.3 is 10.5 Å². The lowest BCUT2D eigenvalue weighted by Crippen LogP contribution is -2.35. The lowest BCUT2D eigenvalue weighted by atomic mass is 9.95. The van der Waals surface area contributed by atoms with Crippen LogP contribution >= 0.6 is 12.2 Å². The standard InChI is InChI=1S/C12H15NO2S/c1-12(2,11(13)16)8-15-10(14)9-6-4-3-5-7-9/h3-7H,8H2,1-2H3,(H2,13,16). The van der Waals surface area contributed by atoms with Gasteiger partial charge in [-0.05, 0) is 12.1 Å². The topological polar surface area (TPSA) is 52.3 Å². The maximum Gasteiger partial charge on any atom is 0.338 e. The second-order valence-corrected chi connectivity index (χ2v) is 4.63. The van der Waals surface area contributed by atoms with E-state index in [4.69, 9.17) is 22.7 Å². The van der Waals surface area contributed by atoms with E-state index in [2.05, 4.69) is 0 Å². The highest BCUT2D eigenvalue weighted by Crippen LogP contribution is 2.16. The molecule has 1 aromatic rings. The Hall–Kier alpha value is -1.42. The van der Waals surface area contributed by atoms with E-state index in [0.717, 1.165) is 0 Å². The Morgan fingerprint density at radius 3 is 2.44 bits per heavy atom. The molecule has 0 aliphatic heterocycles. The molecule has 1 rings (SSSR count). The van der Waals surface area contributed by atoms with E-state index in [1.165, 1.54) is 0 Å². The minimum absolute atomic E-state index is 0.191. The van der Waals surface area contributed by atoms with Crippen molar-refractivity contribution in [2.75, 3.05) is 6.61 Å². The summed E-state index contributed by atoms with van der Waals surface area (Å²) in [5, 5.41) is 0. The maximum absolute atomic E-state index is 11.6. The molecule has 2 N–H and O–H groups in total. The van der Waals surface area contributed by atoms with E-state index in [0.29, 0.717) is 10.6 Å². The number of ether oxygens (including phenoxy) is 1. The van der Waals surface area contributed by atoms with E-state index < -0.39 is 5.41 Å². The van der Waals surface area contributed by atoms with E-state index in [9.17, 15) is 4.79 Å². The molecule has 0 aliphatic rings. The Labute approximate surface area is 101 Å². The number of nitrogens with two attached hydrogens (primary N) is 1. The fourth-order valence-electron chi connectivity index (χ4n) is 0.975. The van der Waals surface area contributed by atoms with Gasteiger partial charge in [0.1, 0.15) is 6.61 Å². The highest BCUT2D eigenvalue weighted by molar-refractivity contribution is 7.80. The van der Waals surface area contributed by atoms with Crippen LogP contribution < -0.4 is 5.73 Å². The van der Waals surface area contributed by atoms with Crippen LogP contribution in [-0.4, -0.2) is 17.6 Å². The average Bonchev–Trinajstić information content (AvgIpc) is 2.27. The molecule has 1 aromatic carbocycles. The summed E-state index contributed by atoms with van der Waals surface area (Å²) in [6.07, 6.45) is 0. The van der Waals surface area contributed by atoms with Gasteiger partial charge in [-0.15, -0.1) is 0 Å². The van der Waals surface area contributed by atoms with Crippen molar-refractivity contribution in [2.24, 2.45) is 11.1 Å². The summed E-state index contributed by atoms with van der Waals surface area (Å²) in [6, 6.07) is 8.83. The zero-order chi connectivity index (χ0) is 12.2. The first-order valence-corrected chi connectivity index (χ1v) is 5.36. The fraction of sp³-hybridized carbons (Fsp3) is 0.333. The summed E-state index contributed by atoms with van der Waals surface area (Å²) in [5.74, 6) is -0.357. The highest BCUT2D eigenvalue weighted by atomic mass is 32.1. The monoisotopic (exact) mass is 237 g/mol. The molecule has 0 aromatic heterocycles. The number of esters is 1. The quantitative estimate of drug-likeness (QED) is 0.644. The Balaban J connectivity index is 2.58. The Bertz CT molecular complexity index is 387. The molecule has 0 saturated heterocycles. The van der Waals surface area contributed by atoms with Crippen LogP contribution in [0.1, 0.15) is 24.2 Å². The smallest absolute Gasteiger partial charge is 0.338 e. The van der Waals surface area contributed by atoms with Crippen molar-refractivity contribution in [3.63, 3.8) is 0 Å². The molecule has 3 nitrogen and oxygen atoms in total. The third-order valence-corrected chi connectivity index (χ3v) is 2.79. The number of carbonyl (C=O) groups excluding carboxylic acids is 1. The van der Waals surface area contributed by atoms with Crippen molar-refractivity contribution in [2.45, 2.75) is 13.8 Å². The number of benzene rings is 1. The van der Waals surface area contributed by atoms with Crippen molar-refractivity contribution in [1.29, 1.82) is 0 Å². The SMILES string of the molecule is CC(C)(COC(=O)c1ccccc1)C(N)=S. The molecule has 4 heteroatoms. The molecular weight excluding hydrogens is 222 g/mol. The zero-order valence-corrected chi connectivity index (χ0v) is 10.2. The van der Waals surface area contributed by atoms with E-state index in [-0.39, 0.29) is 12.6 Å². The van der Waals surface area contributed by atoms with Gasteiger partial charge in [0, 0.05) is 5.41 Å². The predicted molar refractivity (Wildman–Crippen MR) is 67.3 cm³/mol. The van der Waals surface area contributed by atoms with Crippen LogP contribution in [0, 0.1) is 5.41 Å². The van der Waals surface area contributed by atoms with Crippen LogP contribution in [0.3, 0.4) is 0 Å². The third kappa shape index (κ3) is 3.31. The predicted octanol–water partition coefficient (Wildman–Crippen LogP) is 2.16. The van der Waals surface area contributed by atoms with Gasteiger partial charge in [0.25, 0.3) is 0 Å². The van der Waals surface area contributed by atoms with Crippen molar-refractivity contribution in [3.8, 4) is 0 Å². The lowest BCUT2D eigenvalue weighted by Gasteiger charge is -2.22. The molecular formula is C12H15NO2S. The minimum atomic E-state index is -0.472. The summed E-state index contributed by atoms with van der Waals surface area (Å²) in [4.78, 5) is 11.9. The van der Waals surface area contributed by atoms with Crippen molar-refractivity contribution in [1.82, 2.24) is 0 Å². The summed E-state index contributed by atoms with van der Waals surface area (Å²) in [7, 11) is 0. The summed E-state index contributed by atoms with van der Waals surface area (Å²) < 4.78 is 5.15. The first kappa shape index (κ1) is 12.6. The van der Waals surface area contributed by atoms with Gasteiger partial charge in [-0.1, -0.05) is 44.3 Å². The first-order chi connectivity index (χ1) is 7.43. The Morgan fingerprint density at radius 1 is 1.38 bits per heavy atom. The summed E-state index contributed by atoms with van der Waals surface area (Å²) in [5.41, 5.74) is 5.59. The van der Waals surface area contributed by atoms with Crippen molar-refractivity contribution in [3.05, 3.63) is 35.9 Å². The number of hydrogen-bond donors (Lipinski definition) is 1. The highest BCUT2D eigenvalue weighted by Gasteiger charge is 2.23. The maximum atomic E-state index is 11.6. The molecule has 86 valence electrons. The van der Waals surface area contributed by atoms with Gasteiger partial charge >= 0.3 is 5.97 Å². The minimum Gasteiger partial charge on any atom is -0.461 e. The molecule has 0 heterocycles. The number of thiocarbonyl (C=S) groups is 1. The summed E-state index contributed by atoms with van der Waals surface area (Å²) >= 11 is 4.89. The second kappa shape index (κ2) is 5.07. The van der Waals surface area contributed by atoms with Gasteiger partial charge in [-0.25, -0.2) is 4.79 Å². The van der Waals surface area contributed by atoms with Crippen molar-refractivity contribution < 1.29 is 9.53 Å².